The molecule has 2 N–H and O–H groups in total. The Balaban J connectivity index is 1.74. The van der Waals surface area contributed by atoms with Crippen LogP contribution in [0.3, 0.4) is 0 Å². The van der Waals surface area contributed by atoms with Crippen molar-refractivity contribution in [2.45, 2.75) is 51.1 Å². The fourth-order valence-corrected chi connectivity index (χ4v) is 5.63. The molecule has 2 fully saturated rings. The second-order valence-electron chi connectivity index (χ2n) is 9.31. The largest absolute Gasteiger partial charge is 0.381 e. The number of rotatable bonds is 6. The Bertz CT molecular complexity index is 1050. The van der Waals surface area contributed by atoms with E-state index in [1.807, 2.05) is 6.92 Å². The predicted molar refractivity (Wildman–Crippen MR) is 127 cm³/mol. The van der Waals surface area contributed by atoms with Gasteiger partial charge in [-0.25, -0.2) is 13.2 Å². The molecule has 0 bridgehead atoms. The Morgan fingerprint density at radius 1 is 1.21 bits per heavy atom. The fraction of sp³-hybridized carbons (Fsp3) is 0.407. The van der Waals surface area contributed by atoms with Crippen molar-refractivity contribution in [3.63, 3.8) is 0 Å². The van der Waals surface area contributed by atoms with Crippen LogP contribution in [-0.2, 0) is 6.42 Å². The first-order valence-electron chi connectivity index (χ1n) is 11.6. The summed E-state index contributed by atoms with van der Waals surface area (Å²) >= 11 is 0. The predicted octanol–water partition coefficient (Wildman–Crippen LogP) is 5.74. The molecule has 3 unspecified atom stereocenters. The van der Waals surface area contributed by atoms with Crippen LogP contribution < -0.4 is 10.6 Å². The molecule has 2 saturated heterocycles. The summed E-state index contributed by atoms with van der Waals surface area (Å²) in [5.74, 6) is -0.764. The van der Waals surface area contributed by atoms with Crippen molar-refractivity contribution in [2.24, 2.45) is 5.92 Å². The van der Waals surface area contributed by atoms with Gasteiger partial charge in [-0.05, 0) is 61.8 Å². The van der Waals surface area contributed by atoms with Gasteiger partial charge < -0.3 is 15.5 Å². The number of allylic oxidation sites excluding steroid dienone is 1. The van der Waals surface area contributed by atoms with Gasteiger partial charge in [0, 0.05) is 30.4 Å². The molecule has 3 atom stereocenters. The van der Waals surface area contributed by atoms with Crippen LogP contribution in [0.15, 0.2) is 61.1 Å². The zero-order chi connectivity index (χ0) is 23.8. The maximum atomic E-state index is 15.7. The molecule has 2 aliphatic heterocycles. The van der Waals surface area contributed by atoms with E-state index in [-0.39, 0.29) is 22.7 Å². The molecule has 0 radical (unpaired) electrons. The zero-order valence-corrected chi connectivity index (χ0v) is 19.4. The first kappa shape index (κ1) is 23.3. The molecule has 2 aromatic carbocycles. The third-order valence-electron chi connectivity index (χ3n) is 7.19. The van der Waals surface area contributed by atoms with Crippen LogP contribution in [0.2, 0.25) is 0 Å². The molecule has 6 heteroatoms. The quantitative estimate of drug-likeness (QED) is 0.582. The van der Waals surface area contributed by atoms with E-state index in [0.717, 1.165) is 62.1 Å². The van der Waals surface area contributed by atoms with E-state index in [0.29, 0.717) is 17.9 Å². The Morgan fingerprint density at radius 2 is 1.94 bits per heavy atom. The second-order valence-corrected chi connectivity index (χ2v) is 9.31. The van der Waals surface area contributed by atoms with Gasteiger partial charge in [-0.15, -0.1) is 0 Å². The molecule has 4 rings (SSSR count). The van der Waals surface area contributed by atoms with Crippen LogP contribution in [0.1, 0.15) is 38.7 Å². The van der Waals surface area contributed by atoms with Gasteiger partial charge in [0.1, 0.15) is 17.5 Å². The molecule has 0 aliphatic carbocycles. The zero-order valence-electron chi connectivity index (χ0n) is 19.4. The lowest BCUT2D eigenvalue weighted by atomic mass is 9.74. The summed E-state index contributed by atoms with van der Waals surface area (Å²) in [4.78, 5) is 2.24. The number of piperidine rings is 1. The summed E-state index contributed by atoms with van der Waals surface area (Å²) in [6.45, 7) is 14.2. The van der Waals surface area contributed by atoms with Gasteiger partial charge in [-0.1, -0.05) is 38.3 Å². The van der Waals surface area contributed by atoms with E-state index >= 15 is 4.39 Å². The minimum absolute atomic E-state index is 0.0508. The molecular formula is C27H32F3N3. The van der Waals surface area contributed by atoms with Crippen molar-refractivity contribution in [2.75, 3.05) is 13.1 Å². The van der Waals surface area contributed by atoms with Crippen LogP contribution in [0.25, 0.3) is 11.1 Å². The van der Waals surface area contributed by atoms with Crippen molar-refractivity contribution in [1.29, 1.82) is 0 Å². The topological polar surface area (TPSA) is 27.3 Å². The molecule has 2 aromatic rings. The van der Waals surface area contributed by atoms with Gasteiger partial charge in [-0.3, -0.25) is 0 Å². The summed E-state index contributed by atoms with van der Waals surface area (Å²) in [6.07, 6.45) is 3.36. The van der Waals surface area contributed by atoms with Gasteiger partial charge in [0.2, 0.25) is 0 Å². The number of halogens is 3. The monoisotopic (exact) mass is 455 g/mol. The Hall–Kier alpha value is -2.89. The first-order valence-corrected chi connectivity index (χ1v) is 11.6. The molecular weight excluding hydrogens is 423 g/mol. The molecule has 2 heterocycles. The summed E-state index contributed by atoms with van der Waals surface area (Å²) < 4.78 is 43.3. The fourth-order valence-electron chi connectivity index (χ4n) is 5.63. The van der Waals surface area contributed by atoms with Crippen molar-refractivity contribution >= 4 is 0 Å². The smallest absolute Gasteiger partial charge is 0.134 e. The lowest BCUT2D eigenvalue weighted by Crippen LogP contribution is -2.59. The minimum Gasteiger partial charge on any atom is -0.381 e. The maximum absolute atomic E-state index is 15.7. The van der Waals surface area contributed by atoms with E-state index < -0.39 is 17.5 Å². The highest BCUT2D eigenvalue weighted by atomic mass is 19.1. The number of hydrogen-bond acceptors (Lipinski definition) is 3. The van der Waals surface area contributed by atoms with Gasteiger partial charge >= 0.3 is 0 Å². The molecule has 0 amide bonds. The van der Waals surface area contributed by atoms with E-state index in [1.165, 1.54) is 0 Å². The number of nitrogens with one attached hydrogen (secondary N) is 2. The third kappa shape index (κ3) is 4.35. The van der Waals surface area contributed by atoms with Crippen LogP contribution >= 0.6 is 0 Å². The van der Waals surface area contributed by atoms with Crippen LogP contribution in [0, 0.1) is 23.4 Å². The number of likely N-dealkylation sites (tertiary alicyclic amines) is 1. The molecule has 2 aliphatic rings. The summed E-state index contributed by atoms with van der Waals surface area (Å²) in [5.41, 5.74) is 1.67. The van der Waals surface area contributed by atoms with Crippen molar-refractivity contribution in [3.8, 4) is 11.1 Å². The number of nitrogens with zero attached hydrogens (tertiary/aromatic N) is 1. The number of benzene rings is 2. The molecule has 1 spiro atoms. The third-order valence-corrected chi connectivity index (χ3v) is 7.19. The average molecular weight is 456 g/mol. The summed E-state index contributed by atoms with van der Waals surface area (Å²) in [6, 6.07) is 8.14. The highest BCUT2D eigenvalue weighted by Gasteiger charge is 2.53. The Labute approximate surface area is 194 Å². The van der Waals surface area contributed by atoms with Crippen molar-refractivity contribution in [3.05, 3.63) is 84.1 Å². The van der Waals surface area contributed by atoms with Crippen molar-refractivity contribution < 1.29 is 13.2 Å². The van der Waals surface area contributed by atoms with E-state index in [2.05, 4.69) is 35.6 Å². The maximum Gasteiger partial charge on any atom is 0.134 e. The van der Waals surface area contributed by atoms with E-state index in [4.69, 9.17) is 0 Å². The van der Waals surface area contributed by atoms with Crippen molar-refractivity contribution in [1.82, 2.24) is 15.5 Å². The lowest BCUT2D eigenvalue weighted by molar-refractivity contribution is 0.167. The summed E-state index contributed by atoms with van der Waals surface area (Å²) in [5, 5.41) is 7.02. The SMILES string of the molecule is C=C1CCCC2(N1)C(C)CN(C(=C)NCC)C2Cc1cccc(-c2cc(F)cc(F)c2)c1F. The number of hydrogen-bond donors (Lipinski definition) is 2. The molecule has 0 aromatic heterocycles. The highest BCUT2D eigenvalue weighted by molar-refractivity contribution is 5.65. The molecule has 3 nitrogen and oxygen atoms in total. The van der Waals surface area contributed by atoms with E-state index in [1.54, 1.807) is 18.2 Å². The van der Waals surface area contributed by atoms with Gasteiger partial charge in [0.15, 0.2) is 0 Å². The standard InChI is InChI=1S/C27H32F3N3/c1-5-31-19(4)33-16-17(2)27(11-7-8-18(3)32-27)25(33)14-20-9-6-10-24(26(20)30)21-12-22(28)15-23(29)13-21/h6,9-10,12-13,15,17,25,31-32H,3-5,7-8,11,14,16H2,1-2H3. The Morgan fingerprint density at radius 3 is 2.61 bits per heavy atom. The normalized spacial score (nSPS) is 24.8. The molecule has 176 valence electrons. The Kier molecular flexibility index (Phi) is 6.46. The minimum atomic E-state index is -0.726. The summed E-state index contributed by atoms with van der Waals surface area (Å²) in [7, 11) is 0. The highest BCUT2D eigenvalue weighted by Crippen LogP contribution is 2.44. The molecule has 33 heavy (non-hydrogen) atoms. The van der Waals surface area contributed by atoms with Gasteiger partial charge in [0.05, 0.1) is 17.4 Å². The van der Waals surface area contributed by atoms with E-state index in [9.17, 15) is 8.78 Å². The van der Waals surface area contributed by atoms with Crippen LogP contribution in [-0.4, -0.2) is 29.6 Å². The van der Waals surface area contributed by atoms with Crippen LogP contribution in [0.5, 0.6) is 0 Å². The first-order chi connectivity index (χ1) is 15.7. The van der Waals surface area contributed by atoms with Gasteiger partial charge in [-0.2, -0.15) is 0 Å². The lowest BCUT2D eigenvalue weighted by Gasteiger charge is -2.46. The second kappa shape index (κ2) is 9.16. The van der Waals surface area contributed by atoms with Gasteiger partial charge in [0.25, 0.3) is 0 Å². The van der Waals surface area contributed by atoms with Crippen LogP contribution in [0.4, 0.5) is 13.2 Å². The average Bonchev–Trinajstić information content (AvgIpc) is 3.00. The molecule has 0 saturated carbocycles.